The van der Waals surface area contributed by atoms with E-state index in [2.05, 4.69) is 4.98 Å². The van der Waals surface area contributed by atoms with Gasteiger partial charge in [0.25, 0.3) is 5.91 Å². The van der Waals surface area contributed by atoms with E-state index in [1.165, 1.54) is 0 Å². The minimum absolute atomic E-state index is 0.000761. The van der Waals surface area contributed by atoms with Gasteiger partial charge in [-0.1, -0.05) is 12.1 Å². The van der Waals surface area contributed by atoms with Gasteiger partial charge < -0.3 is 19.3 Å². The summed E-state index contributed by atoms with van der Waals surface area (Å²) in [6, 6.07) is 7.54. The van der Waals surface area contributed by atoms with Crippen LogP contribution >= 0.6 is 0 Å². The Balaban J connectivity index is 1.56. The zero-order valence-electron chi connectivity index (χ0n) is 14.6. The second-order valence-electron chi connectivity index (χ2n) is 7.12. The molecular formula is C19H23N3O4. The first-order valence-corrected chi connectivity index (χ1v) is 9.18. The van der Waals surface area contributed by atoms with Gasteiger partial charge in [-0.2, -0.15) is 0 Å². The molecule has 2 aliphatic rings. The zero-order valence-corrected chi connectivity index (χ0v) is 14.6. The minimum atomic E-state index is -1.07. The number of hydrogen-bond donors (Lipinski definition) is 1. The molecule has 3 heterocycles. The number of nitrogens with zero attached hydrogens (tertiary/aromatic N) is 3. The molecule has 0 bridgehead atoms. The summed E-state index contributed by atoms with van der Waals surface area (Å²) in [6.07, 6.45) is 4.73. The van der Waals surface area contributed by atoms with Gasteiger partial charge >= 0.3 is 5.97 Å². The molecular weight excluding hydrogens is 334 g/mol. The Morgan fingerprint density at radius 3 is 2.65 bits per heavy atom. The molecule has 7 nitrogen and oxygen atoms in total. The van der Waals surface area contributed by atoms with Gasteiger partial charge in [-0.15, -0.1) is 0 Å². The molecule has 2 aromatic rings. The van der Waals surface area contributed by atoms with Crippen LogP contribution in [0.15, 0.2) is 30.6 Å². The molecule has 2 saturated heterocycles. The Labute approximate surface area is 151 Å². The van der Waals surface area contributed by atoms with Crippen molar-refractivity contribution in [2.24, 2.45) is 0 Å². The molecule has 2 fully saturated rings. The number of hydrogen-bond acceptors (Lipinski definition) is 4. The molecule has 26 heavy (non-hydrogen) atoms. The van der Waals surface area contributed by atoms with Crippen LogP contribution in [-0.2, 0) is 19.9 Å². The van der Waals surface area contributed by atoms with Gasteiger partial charge in [0, 0.05) is 19.7 Å². The van der Waals surface area contributed by atoms with Crippen LogP contribution in [0.3, 0.4) is 0 Å². The Hall–Kier alpha value is -2.41. The van der Waals surface area contributed by atoms with E-state index in [9.17, 15) is 14.7 Å². The quantitative estimate of drug-likeness (QED) is 0.908. The summed E-state index contributed by atoms with van der Waals surface area (Å²) in [5.74, 6) is -0.874. The number of piperidine rings is 1. The molecule has 0 unspecified atom stereocenters. The summed E-state index contributed by atoms with van der Waals surface area (Å²) in [7, 11) is 0. The molecule has 7 heteroatoms. The number of amides is 1. The van der Waals surface area contributed by atoms with Crippen LogP contribution in [0.25, 0.3) is 11.0 Å². The maximum Gasteiger partial charge on any atom is 0.330 e. The minimum Gasteiger partial charge on any atom is -0.479 e. The van der Waals surface area contributed by atoms with Gasteiger partial charge in [0.2, 0.25) is 0 Å². The third-order valence-corrected chi connectivity index (χ3v) is 5.67. The van der Waals surface area contributed by atoms with E-state index in [-0.39, 0.29) is 12.0 Å². The Bertz CT molecular complexity index is 817. The molecule has 0 saturated carbocycles. The van der Waals surface area contributed by atoms with E-state index in [1.54, 1.807) is 15.8 Å². The van der Waals surface area contributed by atoms with Crippen molar-refractivity contribution in [3.8, 4) is 0 Å². The fourth-order valence-electron chi connectivity index (χ4n) is 4.09. The van der Waals surface area contributed by atoms with Crippen molar-refractivity contribution in [3.63, 3.8) is 0 Å². The van der Waals surface area contributed by atoms with Gasteiger partial charge in [-0.25, -0.2) is 9.78 Å². The number of ether oxygens (including phenoxy) is 1. The number of para-hydroxylation sites is 2. The third-order valence-electron chi connectivity index (χ3n) is 5.67. The van der Waals surface area contributed by atoms with Crippen molar-refractivity contribution >= 4 is 22.9 Å². The number of carbonyl (C=O) groups excluding carboxylic acids is 1. The van der Waals surface area contributed by atoms with E-state index >= 15 is 0 Å². The number of benzene rings is 1. The first-order chi connectivity index (χ1) is 12.6. The van der Waals surface area contributed by atoms with E-state index in [0.29, 0.717) is 32.5 Å². The lowest BCUT2D eigenvalue weighted by atomic mass is 9.86. The fourth-order valence-corrected chi connectivity index (χ4v) is 4.09. The molecule has 0 aliphatic carbocycles. The van der Waals surface area contributed by atoms with Crippen LogP contribution in [0.4, 0.5) is 0 Å². The van der Waals surface area contributed by atoms with Crippen LogP contribution in [0, 0.1) is 0 Å². The lowest BCUT2D eigenvalue weighted by Crippen LogP contribution is -2.54. The smallest absolute Gasteiger partial charge is 0.330 e. The molecule has 0 radical (unpaired) electrons. The van der Waals surface area contributed by atoms with Gasteiger partial charge in [0.1, 0.15) is 11.6 Å². The van der Waals surface area contributed by atoms with Crippen LogP contribution in [0.1, 0.15) is 32.1 Å². The maximum absolute atomic E-state index is 12.7. The first-order valence-electron chi connectivity index (χ1n) is 9.18. The summed E-state index contributed by atoms with van der Waals surface area (Å²) in [6.45, 7) is 1.46. The number of rotatable bonds is 3. The number of likely N-dealkylation sites (tertiary alicyclic amines) is 1. The average Bonchev–Trinajstić information content (AvgIpc) is 3.12. The Morgan fingerprint density at radius 2 is 1.96 bits per heavy atom. The molecule has 1 atom stereocenters. The SMILES string of the molecule is O=C([C@H]1CCCCO1)N1CCC(C(=O)O)(n2cnc3ccccc32)CC1. The lowest BCUT2D eigenvalue weighted by Gasteiger charge is -2.41. The molecule has 2 aliphatic heterocycles. The van der Waals surface area contributed by atoms with Crippen molar-refractivity contribution < 1.29 is 19.4 Å². The number of carboxylic acids is 1. The second-order valence-corrected chi connectivity index (χ2v) is 7.12. The molecule has 0 spiro atoms. The highest BCUT2D eigenvalue weighted by molar-refractivity contribution is 5.84. The number of carboxylic acid groups (broad SMARTS) is 1. The number of aromatic nitrogens is 2. The largest absolute Gasteiger partial charge is 0.479 e. The van der Waals surface area contributed by atoms with Crippen LogP contribution in [-0.4, -0.2) is 57.2 Å². The predicted molar refractivity (Wildman–Crippen MR) is 94.7 cm³/mol. The highest BCUT2D eigenvalue weighted by Gasteiger charge is 2.45. The van der Waals surface area contributed by atoms with Crippen LogP contribution in [0.5, 0.6) is 0 Å². The number of carbonyl (C=O) groups is 2. The number of imidazole rings is 1. The van der Waals surface area contributed by atoms with E-state index in [0.717, 1.165) is 30.3 Å². The summed E-state index contributed by atoms with van der Waals surface area (Å²) in [5.41, 5.74) is 0.521. The monoisotopic (exact) mass is 357 g/mol. The Kier molecular flexibility index (Phi) is 4.40. The molecule has 138 valence electrons. The standard InChI is InChI=1S/C19H23N3O4/c23-17(16-7-3-4-12-26-16)21-10-8-19(9-11-21,18(24)25)22-13-20-14-5-1-2-6-15(14)22/h1-2,5-6,13,16H,3-4,7-12H2,(H,24,25)/t16-/m1/s1. The highest BCUT2D eigenvalue weighted by Crippen LogP contribution is 2.34. The van der Waals surface area contributed by atoms with Crippen molar-refractivity contribution in [3.05, 3.63) is 30.6 Å². The van der Waals surface area contributed by atoms with Gasteiger partial charge in [-0.3, -0.25) is 4.79 Å². The van der Waals surface area contributed by atoms with E-state index < -0.39 is 11.5 Å². The van der Waals surface area contributed by atoms with Gasteiger partial charge in [0.15, 0.2) is 0 Å². The number of fused-ring (bicyclic) bond motifs is 1. The molecule has 1 amide bonds. The highest BCUT2D eigenvalue weighted by atomic mass is 16.5. The molecule has 1 aromatic heterocycles. The topological polar surface area (TPSA) is 84.7 Å². The molecule has 1 aromatic carbocycles. The van der Waals surface area contributed by atoms with Crippen molar-refractivity contribution in [1.82, 2.24) is 14.5 Å². The van der Waals surface area contributed by atoms with E-state index in [1.807, 2.05) is 24.3 Å². The fraction of sp³-hybridized carbons (Fsp3) is 0.526. The normalized spacial score (nSPS) is 23.1. The summed E-state index contributed by atoms with van der Waals surface area (Å²) < 4.78 is 7.37. The summed E-state index contributed by atoms with van der Waals surface area (Å²) in [4.78, 5) is 31.0. The lowest BCUT2D eigenvalue weighted by molar-refractivity contribution is -0.156. The van der Waals surface area contributed by atoms with Crippen LogP contribution < -0.4 is 0 Å². The van der Waals surface area contributed by atoms with Gasteiger partial charge in [0.05, 0.1) is 17.4 Å². The summed E-state index contributed by atoms with van der Waals surface area (Å²) in [5, 5.41) is 10.0. The van der Waals surface area contributed by atoms with Crippen molar-refractivity contribution in [1.29, 1.82) is 0 Å². The zero-order chi connectivity index (χ0) is 18.1. The third kappa shape index (κ3) is 2.76. The average molecular weight is 357 g/mol. The molecule has 4 rings (SSSR count). The van der Waals surface area contributed by atoms with E-state index in [4.69, 9.17) is 4.74 Å². The van der Waals surface area contributed by atoms with Crippen molar-refractivity contribution in [2.45, 2.75) is 43.7 Å². The maximum atomic E-state index is 12.7. The van der Waals surface area contributed by atoms with Crippen LogP contribution in [0.2, 0.25) is 0 Å². The molecule has 1 N–H and O–H groups in total. The number of aliphatic carboxylic acids is 1. The van der Waals surface area contributed by atoms with Gasteiger partial charge in [-0.05, 0) is 44.2 Å². The Morgan fingerprint density at radius 1 is 1.19 bits per heavy atom. The summed E-state index contributed by atoms with van der Waals surface area (Å²) >= 11 is 0. The van der Waals surface area contributed by atoms with Crippen molar-refractivity contribution in [2.75, 3.05) is 19.7 Å². The first kappa shape index (κ1) is 17.0. The predicted octanol–water partition coefficient (Wildman–Crippen LogP) is 2.01. The second kappa shape index (κ2) is 6.72.